The Hall–Kier alpha value is -2.96. The fraction of sp³-hybridized carbons (Fsp3) is 0.593. The lowest BCUT2D eigenvalue weighted by Crippen LogP contribution is -2.51. The molecule has 0 bridgehead atoms. The van der Waals surface area contributed by atoms with Gasteiger partial charge in [-0.3, -0.25) is 0 Å². The van der Waals surface area contributed by atoms with Crippen LogP contribution in [0.5, 0.6) is 0 Å². The van der Waals surface area contributed by atoms with Crippen molar-refractivity contribution in [1.29, 1.82) is 0 Å². The number of nitrogens with two attached hydrogens (primary N) is 1. The molecule has 4 rings (SSSR count). The Labute approximate surface area is 229 Å². The number of sulfone groups is 1. The molecule has 0 aliphatic carbocycles. The standard InChI is InChI=1S/C27H39N5O6S/c1-6-36-17-21-30-22-23(19-9-7-8-10-20(19)29-24(22)28)32(21)18-27(37-15-16-39(5,34)35)11-13-31(14-12-27)25(33)38-26(2,3)4/h7-10H,6,11-18H2,1-5H3,(H2,28,29). The SMILES string of the molecule is CCOCc1nc2c(N)nc3ccccc3c2n1CC1(OCCS(C)(=O)=O)CCN(C(=O)OC(C)(C)C)CC1. The Kier molecular flexibility index (Phi) is 8.38. The first kappa shape index (κ1) is 29.0. The van der Waals surface area contributed by atoms with Gasteiger partial charge in [0.2, 0.25) is 0 Å². The molecule has 0 unspecified atom stereocenters. The second kappa shape index (κ2) is 11.3. The number of aromatic nitrogens is 3. The number of likely N-dealkylation sites (tertiary alicyclic amines) is 1. The van der Waals surface area contributed by atoms with E-state index < -0.39 is 21.0 Å². The van der Waals surface area contributed by atoms with Gasteiger partial charge in [0.05, 0.1) is 35.5 Å². The molecule has 1 fully saturated rings. The van der Waals surface area contributed by atoms with Gasteiger partial charge in [-0.15, -0.1) is 0 Å². The summed E-state index contributed by atoms with van der Waals surface area (Å²) >= 11 is 0. The number of nitrogen functional groups attached to an aromatic ring is 1. The zero-order valence-corrected chi connectivity index (χ0v) is 24.2. The number of para-hydroxylation sites is 1. The second-order valence-electron chi connectivity index (χ2n) is 11.1. The van der Waals surface area contributed by atoms with Crippen LogP contribution in [0.15, 0.2) is 24.3 Å². The van der Waals surface area contributed by atoms with Crippen molar-refractivity contribution in [3.63, 3.8) is 0 Å². The number of fused-ring (bicyclic) bond motifs is 3. The molecule has 0 spiro atoms. The number of hydrogen-bond donors (Lipinski definition) is 1. The number of ether oxygens (including phenoxy) is 3. The number of piperidine rings is 1. The maximum Gasteiger partial charge on any atom is 0.410 e. The number of carbonyl (C=O) groups excluding carboxylic acids is 1. The Morgan fingerprint density at radius 3 is 2.49 bits per heavy atom. The summed E-state index contributed by atoms with van der Waals surface area (Å²) in [5.41, 5.74) is 7.15. The van der Waals surface area contributed by atoms with Crippen molar-refractivity contribution in [2.45, 2.75) is 64.9 Å². The highest BCUT2D eigenvalue weighted by atomic mass is 32.2. The van der Waals surface area contributed by atoms with E-state index in [9.17, 15) is 13.2 Å². The highest BCUT2D eigenvalue weighted by molar-refractivity contribution is 7.90. The van der Waals surface area contributed by atoms with Gasteiger partial charge in [-0.05, 0) is 46.6 Å². The molecule has 0 atom stereocenters. The van der Waals surface area contributed by atoms with Crippen LogP contribution in [0.1, 0.15) is 46.4 Å². The summed E-state index contributed by atoms with van der Waals surface area (Å²) in [6, 6.07) is 7.74. The average Bonchev–Trinajstić information content (AvgIpc) is 3.20. The molecule has 1 aliphatic heterocycles. The predicted molar refractivity (Wildman–Crippen MR) is 150 cm³/mol. The molecule has 39 heavy (non-hydrogen) atoms. The van der Waals surface area contributed by atoms with E-state index in [-0.39, 0.29) is 25.1 Å². The number of nitrogens with zero attached hydrogens (tertiary/aromatic N) is 4. The number of carbonyl (C=O) groups is 1. The topological polar surface area (TPSA) is 139 Å². The first-order chi connectivity index (χ1) is 18.3. The van der Waals surface area contributed by atoms with Gasteiger partial charge < -0.3 is 29.4 Å². The molecule has 2 aromatic heterocycles. The van der Waals surface area contributed by atoms with Gasteiger partial charge in [0.1, 0.15) is 33.4 Å². The van der Waals surface area contributed by atoms with Crippen molar-refractivity contribution in [3.05, 3.63) is 30.1 Å². The van der Waals surface area contributed by atoms with Crippen molar-refractivity contribution in [3.8, 4) is 0 Å². The maximum atomic E-state index is 12.7. The molecule has 12 heteroatoms. The quantitative estimate of drug-likeness (QED) is 0.416. The molecule has 214 valence electrons. The first-order valence-electron chi connectivity index (χ1n) is 13.2. The lowest BCUT2D eigenvalue weighted by Gasteiger charge is -2.42. The number of pyridine rings is 1. The van der Waals surface area contributed by atoms with Crippen LogP contribution in [-0.2, 0) is 37.2 Å². The Bertz CT molecular complexity index is 1440. The maximum absolute atomic E-state index is 12.7. The summed E-state index contributed by atoms with van der Waals surface area (Å²) in [6.45, 7) is 9.44. The summed E-state index contributed by atoms with van der Waals surface area (Å²) in [6.07, 6.45) is 1.80. The number of imidazole rings is 1. The second-order valence-corrected chi connectivity index (χ2v) is 13.4. The van der Waals surface area contributed by atoms with Crippen molar-refractivity contribution < 1.29 is 27.4 Å². The highest BCUT2D eigenvalue weighted by Gasteiger charge is 2.40. The summed E-state index contributed by atoms with van der Waals surface area (Å²) in [7, 11) is -3.22. The van der Waals surface area contributed by atoms with E-state index in [4.69, 9.17) is 24.9 Å². The van der Waals surface area contributed by atoms with Crippen LogP contribution in [0, 0.1) is 0 Å². The van der Waals surface area contributed by atoms with Crippen molar-refractivity contribution in [2.24, 2.45) is 0 Å². The number of benzene rings is 1. The fourth-order valence-corrected chi connectivity index (χ4v) is 5.23. The molecule has 3 heterocycles. The van der Waals surface area contributed by atoms with Crippen LogP contribution in [-0.4, -0.2) is 83.5 Å². The van der Waals surface area contributed by atoms with E-state index in [1.807, 2.05) is 52.0 Å². The molecule has 1 aliphatic rings. The van der Waals surface area contributed by atoms with Gasteiger partial charge in [-0.1, -0.05) is 18.2 Å². The summed E-state index contributed by atoms with van der Waals surface area (Å²) < 4.78 is 43.6. The zero-order chi connectivity index (χ0) is 28.4. The van der Waals surface area contributed by atoms with Gasteiger partial charge in [-0.25, -0.2) is 23.2 Å². The number of amides is 1. The van der Waals surface area contributed by atoms with Crippen molar-refractivity contribution in [1.82, 2.24) is 19.4 Å². The zero-order valence-electron chi connectivity index (χ0n) is 23.4. The smallest absolute Gasteiger partial charge is 0.410 e. The van der Waals surface area contributed by atoms with Crippen molar-refractivity contribution in [2.75, 3.05) is 44.0 Å². The number of hydrogen-bond acceptors (Lipinski definition) is 9. The third-order valence-corrected chi connectivity index (χ3v) is 7.67. The van der Waals surface area contributed by atoms with Crippen LogP contribution in [0.25, 0.3) is 21.9 Å². The summed E-state index contributed by atoms with van der Waals surface area (Å²) in [4.78, 5) is 23.8. The molecular weight excluding hydrogens is 522 g/mol. The molecule has 1 amide bonds. The molecule has 1 aromatic carbocycles. The number of anilines is 1. The van der Waals surface area contributed by atoms with E-state index in [0.717, 1.165) is 16.4 Å². The van der Waals surface area contributed by atoms with Gasteiger partial charge in [0, 0.05) is 31.3 Å². The minimum atomic E-state index is -3.22. The van der Waals surface area contributed by atoms with E-state index in [0.29, 0.717) is 56.2 Å². The summed E-state index contributed by atoms with van der Waals surface area (Å²) in [5.74, 6) is 0.908. The van der Waals surface area contributed by atoms with Crippen LogP contribution < -0.4 is 5.73 Å². The average molecular weight is 562 g/mol. The predicted octanol–water partition coefficient (Wildman–Crippen LogP) is 3.53. The lowest BCUT2D eigenvalue weighted by atomic mass is 9.90. The van der Waals surface area contributed by atoms with Crippen LogP contribution in [0.3, 0.4) is 0 Å². The third-order valence-electron chi connectivity index (χ3n) is 6.76. The third kappa shape index (κ3) is 6.98. The van der Waals surface area contributed by atoms with Gasteiger partial charge in [-0.2, -0.15) is 0 Å². The fourth-order valence-electron chi connectivity index (χ4n) is 4.85. The Morgan fingerprint density at radius 1 is 1.15 bits per heavy atom. The molecule has 11 nitrogen and oxygen atoms in total. The van der Waals surface area contributed by atoms with Crippen LogP contribution >= 0.6 is 0 Å². The molecule has 2 N–H and O–H groups in total. The molecular formula is C27H39N5O6S. The van der Waals surface area contributed by atoms with Crippen LogP contribution in [0.2, 0.25) is 0 Å². The normalized spacial score (nSPS) is 16.2. The molecule has 0 radical (unpaired) electrons. The van der Waals surface area contributed by atoms with Gasteiger partial charge in [0.15, 0.2) is 5.82 Å². The minimum absolute atomic E-state index is 0.0448. The lowest BCUT2D eigenvalue weighted by molar-refractivity contribution is -0.0892. The molecule has 0 saturated carbocycles. The van der Waals surface area contributed by atoms with E-state index >= 15 is 0 Å². The largest absolute Gasteiger partial charge is 0.444 e. The monoisotopic (exact) mass is 561 g/mol. The van der Waals surface area contributed by atoms with Crippen molar-refractivity contribution >= 4 is 43.7 Å². The van der Waals surface area contributed by atoms with Gasteiger partial charge in [0.25, 0.3) is 0 Å². The Balaban J connectivity index is 1.73. The van der Waals surface area contributed by atoms with Crippen LogP contribution in [0.4, 0.5) is 10.6 Å². The van der Waals surface area contributed by atoms with Gasteiger partial charge >= 0.3 is 6.09 Å². The van der Waals surface area contributed by atoms with E-state index in [1.54, 1.807) is 4.90 Å². The molecule has 1 saturated heterocycles. The van der Waals surface area contributed by atoms with E-state index in [2.05, 4.69) is 9.55 Å². The summed E-state index contributed by atoms with van der Waals surface area (Å²) in [5, 5.41) is 0.898. The molecule has 3 aromatic rings. The minimum Gasteiger partial charge on any atom is -0.444 e. The highest BCUT2D eigenvalue weighted by Crippen LogP contribution is 2.35. The number of rotatable bonds is 9. The first-order valence-corrected chi connectivity index (χ1v) is 15.3. The Morgan fingerprint density at radius 2 is 1.85 bits per heavy atom. The van der Waals surface area contributed by atoms with E-state index in [1.165, 1.54) is 6.26 Å².